The Hall–Kier alpha value is -1.09. The first-order chi connectivity index (χ1) is 8.19. The molecule has 0 aromatic heterocycles. The lowest BCUT2D eigenvalue weighted by molar-refractivity contribution is 0.528. The summed E-state index contributed by atoms with van der Waals surface area (Å²) in [7, 11) is 0. The third-order valence-corrected chi connectivity index (χ3v) is 3.36. The van der Waals surface area contributed by atoms with E-state index in [1.807, 2.05) is 6.92 Å². The minimum absolute atomic E-state index is 0.134. The topological polar surface area (TPSA) is 15.3 Å². The van der Waals surface area contributed by atoms with Crippen molar-refractivity contribution in [3.8, 4) is 0 Å². The molecule has 0 amide bonds. The van der Waals surface area contributed by atoms with Gasteiger partial charge in [0, 0.05) is 24.8 Å². The van der Waals surface area contributed by atoms with Crippen molar-refractivity contribution >= 4 is 5.69 Å². The second-order valence-corrected chi connectivity index (χ2v) is 4.85. The van der Waals surface area contributed by atoms with Gasteiger partial charge in [-0.3, -0.25) is 0 Å². The number of nitrogens with one attached hydrogen (secondary N) is 1. The molecule has 1 N–H and O–H groups in total. The van der Waals surface area contributed by atoms with Crippen LogP contribution in [-0.2, 0) is 0 Å². The van der Waals surface area contributed by atoms with Crippen LogP contribution in [0, 0.1) is 12.7 Å². The minimum Gasteiger partial charge on any atom is -0.370 e. The predicted octanol–water partition coefficient (Wildman–Crippen LogP) is 2.71. The molecular formula is C14H21FN2. The van der Waals surface area contributed by atoms with E-state index in [0.29, 0.717) is 6.04 Å². The van der Waals surface area contributed by atoms with Gasteiger partial charge in [-0.15, -0.1) is 0 Å². The Morgan fingerprint density at radius 2 is 2.24 bits per heavy atom. The summed E-state index contributed by atoms with van der Waals surface area (Å²) in [6.07, 6.45) is 2.23. The number of aryl methyl sites for hydroxylation is 1. The Balaban J connectivity index is 2.18. The largest absolute Gasteiger partial charge is 0.370 e. The molecule has 1 atom stereocenters. The highest BCUT2D eigenvalue weighted by Gasteiger charge is 2.17. The van der Waals surface area contributed by atoms with Crippen LogP contribution in [0.2, 0.25) is 0 Å². The number of rotatable bonds is 2. The summed E-state index contributed by atoms with van der Waals surface area (Å²) < 4.78 is 13.4. The van der Waals surface area contributed by atoms with Gasteiger partial charge in [-0.1, -0.05) is 6.92 Å². The van der Waals surface area contributed by atoms with E-state index in [1.165, 1.54) is 0 Å². The van der Waals surface area contributed by atoms with Crippen LogP contribution in [-0.4, -0.2) is 25.7 Å². The molecule has 1 aliphatic heterocycles. The predicted molar refractivity (Wildman–Crippen MR) is 70.0 cm³/mol. The third-order valence-electron chi connectivity index (χ3n) is 3.36. The van der Waals surface area contributed by atoms with Crippen molar-refractivity contribution in [2.75, 3.05) is 24.5 Å². The van der Waals surface area contributed by atoms with Gasteiger partial charge in [-0.2, -0.15) is 0 Å². The number of hydrogen-bond donors (Lipinski definition) is 1. The second-order valence-electron chi connectivity index (χ2n) is 4.85. The summed E-state index contributed by atoms with van der Waals surface area (Å²) in [6, 6.07) is 5.81. The van der Waals surface area contributed by atoms with Gasteiger partial charge in [0.05, 0.1) is 0 Å². The highest BCUT2D eigenvalue weighted by molar-refractivity contribution is 5.49. The molecule has 1 unspecified atom stereocenters. The maximum absolute atomic E-state index is 13.4. The molecule has 17 heavy (non-hydrogen) atoms. The monoisotopic (exact) mass is 236 g/mol. The summed E-state index contributed by atoms with van der Waals surface area (Å²) in [6.45, 7) is 7.17. The quantitative estimate of drug-likeness (QED) is 0.849. The number of benzene rings is 1. The molecule has 1 aromatic carbocycles. The normalized spacial score (nSPS) is 21.4. The van der Waals surface area contributed by atoms with Crippen molar-refractivity contribution in [3.63, 3.8) is 0 Å². The number of anilines is 1. The Labute approximate surface area is 103 Å². The fraction of sp³-hybridized carbons (Fsp3) is 0.571. The molecule has 0 bridgehead atoms. The van der Waals surface area contributed by atoms with Gasteiger partial charge in [0.25, 0.3) is 0 Å². The lowest BCUT2D eigenvalue weighted by Gasteiger charge is -2.26. The van der Waals surface area contributed by atoms with E-state index in [9.17, 15) is 4.39 Å². The molecular weight excluding hydrogens is 215 g/mol. The van der Waals surface area contributed by atoms with Gasteiger partial charge in [0.15, 0.2) is 0 Å². The number of halogens is 1. The maximum Gasteiger partial charge on any atom is 0.125 e. The maximum atomic E-state index is 13.4. The molecule has 1 heterocycles. The van der Waals surface area contributed by atoms with Crippen LogP contribution in [0.15, 0.2) is 18.2 Å². The second kappa shape index (κ2) is 5.50. The standard InChI is InChI=1S/C14H21FN2/c1-3-13-10-17(6-4-5-16-13)14-8-11(2)7-12(15)9-14/h7-9,13,16H,3-6,10H2,1-2H3. The zero-order valence-electron chi connectivity index (χ0n) is 10.7. The zero-order chi connectivity index (χ0) is 12.3. The first kappa shape index (κ1) is 12.4. The molecule has 94 valence electrons. The summed E-state index contributed by atoms with van der Waals surface area (Å²) >= 11 is 0. The number of nitrogens with zero attached hydrogens (tertiary/aromatic N) is 1. The molecule has 1 aromatic rings. The van der Waals surface area contributed by atoms with Crippen LogP contribution >= 0.6 is 0 Å². The third kappa shape index (κ3) is 3.19. The van der Waals surface area contributed by atoms with E-state index >= 15 is 0 Å². The Kier molecular flexibility index (Phi) is 4.00. The molecule has 1 aliphatic rings. The summed E-state index contributed by atoms with van der Waals surface area (Å²) in [5, 5.41) is 3.52. The van der Waals surface area contributed by atoms with Crippen molar-refractivity contribution in [2.24, 2.45) is 0 Å². The fourth-order valence-electron chi connectivity index (χ4n) is 2.41. The lowest BCUT2D eigenvalue weighted by atomic mass is 10.1. The van der Waals surface area contributed by atoms with Gasteiger partial charge in [-0.25, -0.2) is 4.39 Å². The highest BCUT2D eigenvalue weighted by atomic mass is 19.1. The smallest absolute Gasteiger partial charge is 0.125 e. The molecule has 1 fully saturated rings. The minimum atomic E-state index is -0.134. The van der Waals surface area contributed by atoms with E-state index in [0.717, 1.165) is 43.7 Å². The van der Waals surface area contributed by atoms with Crippen LogP contribution in [0.25, 0.3) is 0 Å². The molecule has 0 radical (unpaired) electrons. The lowest BCUT2D eigenvalue weighted by Crippen LogP contribution is -2.37. The van der Waals surface area contributed by atoms with E-state index < -0.39 is 0 Å². The average molecular weight is 236 g/mol. The van der Waals surface area contributed by atoms with Crippen LogP contribution in [0.4, 0.5) is 10.1 Å². The Morgan fingerprint density at radius 1 is 1.41 bits per heavy atom. The van der Waals surface area contributed by atoms with Gasteiger partial charge < -0.3 is 10.2 Å². The van der Waals surface area contributed by atoms with Crippen LogP contribution in [0.5, 0.6) is 0 Å². The number of hydrogen-bond acceptors (Lipinski definition) is 2. The average Bonchev–Trinajstić information content (AvgIpc) is 2.52. The van der Waals surface area contributed by atoms with Crippen molar-refractivity contribution in [1.29, 1.82) is 0 Å². The van der Waals surface area contributed by atoms with Crippen molar-refractivity contribution in [2.45, 2.75) is 32.7 Å². The Morgan fingerprint density at radius 3 is 2.94 bits per heavy atom. The van der Waals surface area contributed by atoms with Crippen molar-refractivity contribution in [3.05, 3.63) is 29.6 Å². The van der Waals surface area contributed by atoms with Crippen molar-refractivity contribution < 1.29 is 4.39 Å². The molecule has 2 rings (SSSR count). The van der Waals surface area contributed by atoms with Crippen LogP contribution < -0.4 is 10.2 Å². The Bertz CT molecular complexity index is 358. The summed E-state index contributed by atoms with van der Waals surface area (Å²) in [5.41, 5.74) is 2.01. The van der Waals surface area contributed by atoms with E-state index in [2.05, 4.69) is 23.2 Å². The molecule has 0 aliphatic carbocycles. The van der Waals surface area contributed by atoms with Gasteiger partial charge in [-0.05, 0) is 50.1 Å². The highest BCUT2D eigenvalue weighted by Crippen LogP contribution is 2.20. The molecule has 3 heteroatoms. The molecule has 0 saturated carbocycles. The van der Waals surface area contributed by atoms with E-state index in [4.69, 9.17) is 0 Å². The van der Waals surface area contributed by atoms with Gasteiger partial charge in [0.2, 0.25) is 0 Å². The van der Waals surface area contributed by atoms with Gasteiger partial charge >= 0.3 is 0 Å². The molecule has 2 nitrogen and oxygen atoms in total. The molecule has 1 saturated heterocycles. The molecule has 0 spiro atoms. The fourth-order valence-corrected chi connectivity index (χ4v) is 2.41. The first-order valence-corrected chi connectivity index (χ1v) is 6.44. The summed E-state index contributed by atoms with van der Waals surface area (Å²) in [4.78, 5) is 2.30. The van der Waals surface area contributed by atoms with E-state index in [1.54, 1.807) is 12.1 Å². The zero-order valence-corrected chi connectivity index (χ0v) is 10.7. The SMILES string of the molecule is CCC1CN(c2cc(C)cc(F)c2)CCCN1. The van der Waals surface area contributed by atoms with Gasteiger partial charge in [0.1, 0.15) is 5.82 Å². The van der Waals surface area contributed by atoms with Crippen LogP contribution in [0.3, 0.4) is 0 Å². The van der Waals surface area contributed by atoms with Crippen molar-refractivity contribution in [1.82, 2.24) is 5.32 Å². The summed E-state index contributed by atoms with van der Waals surface area (Å²) in [5.74, 6) is -0.134. The first-order valence-electron chi connectivity index (χ1n) is 6.44. The van der Waals surface area contributed by atoms with Crippen LogP contribution in [0.1, 0.15) is 25.3 Å². The van der Waals surface area contributed by atoms with E-state index in [-0.39, 0.29) is 5.82 Å².